The zero-order valence-electron chi connectivity index (χ0n) is 11.9. The summed E-state index contributed by atoms with van der Waals surface area (Å²) >= 11 is 3.42. The van der Waals surface area contributed by atoms with E-state index in [1.165, 1.54) is 12.8 Å². The van der Waals surface area contributed by atoms with Crippen LogP contribution in [0.4, 0.5) is 0 Å². The van der Waals surface area contributed by atoms with Gasteiger partial charge in [0.15, 0.2) is 0 Å². The summed E-state index contributed by atoms with van der Waals surface area (Å²) in [5, 5.41) is 13.8. The SMILES string of the molecule is OC1(CNCCOc2cccc(Br)c2)CCCCCC1. The summed E-state index contributed by atoms with van der Waals surface area (Å²) in [5.41, 5.74) is -0.508. The van der Waals surface area contributed by atoms with Gasteiger partial charge in [0.05, 0.1) is 5.60 Å². The molecule has 0 bridgehead atoms. The number of ether oxygens (including phenoxy) is 1. The Morgan fingerprint density at radius 1 is 1.20 bits per heavy atom. The lowest BCUT2D eigenvalue weighted by atomic mass is 9.94. The van der Waals surface area contributed by atoms with E-state index >= 15 is 0 Å². The van der Waals surface area contributed by atoms with Crippen molar-refractivity contribution in [3.63, 3.8) is 0 Å². The largest absolute Gasteiger partial charge is 0.492 e. The molecule has 2 N–H and O–H groups in total. The number of hydrogen-bond donors (Lipinski definition) is 2. The van der Waals surface area contributed by atoms with Crippen LogP contribution < -0.4 is 10.1 Å². The van der Waals surface area contributed by atoms with Gasteiger partial charge in [-0.05, 0) is 31.0 Å². The van der Waals surface area contributed by atoms with Crippen molar-refractivity contribution < 1.29 is 9.84 Å². The van der Waals surface area contributed by atoms with E-state index in [0.717, 1.165) is 42.5 Å². The summed E-state index contributed by atoms with van der Waals surface area (Å²) < 4.78 is 6.68. The topological polar surface area (TPSA) is 41.5 Å². The molecule has 0 spiro atoms. The standard InChI is InChI=1S/C16H24BrNO2/c17-14-6-5-7-15(12-14)20-11-10-18-13-16(19)8-3-1-2-4-9-16/h5-7,12,18-19H,1-4,8-11,13H2. The molecule has 0 amide bonds. The number of benzene rings is 1. The van der Waals surface area contributed by atoms with Gasteiger partial charge in [-0.2, -0.15) is 0 Å². The fraction of sp³-hybridized carbons (Fsp3) is 0.625. The Hall–Kier alpha value is -0.580. The minimum atomic E-state index is -0.508. The summed E-state index contributed by atoms with van der Waals surface area (Å²) in [7, 11) is 0. The lowest BCUT2D eigenvalue weighted by Gasteiger charge is -2.26. The molecule has 1 aliphatic carbocycles. The number of nitrogens with one attached hydrogen (secondary N) is 1. The molecule has 112 valence electrons. The Morgan fingerprint density at radius 3 is 2.65 bits per heavy atom. The van der Waals surface area contributed by atoms with Gasteiger partial charge in [0.1, 0.15) is 12.4 Å². The zero-order chi connectivity index (χ0) is 14.3. The first-order valence-corrected chi connectivity index (χ1v) is 8.29. The molecular weight excluding hydrogens is 318 g/mol. The molecule has 0 heterocycles. The first kappa shape index (κ1) is 15.8. The quantitative estimate of drug-likeness (QED) is 0.614. The highest BCUT2D eigenvalue weighted by Gasteiger charge is 2.27. The van der Waals surface area contributed by atoms with Crippen LogP contribution in [0, 0.1) is 0 Å². The average molecular weight is 342 g/mol. The van der Waals surface area contributed by atoms with Gasteiger partial charge in [0.25, 0.3) is 0 Å². The third kappa shape index (κ3) is 5.43. The smallest absolute Gasteiger partial charge is 0.120 e. The van der Waals surface area contributed by atoms with Crippen molar-refractivity contribution in [1.82, 2.24) is 5.32 Å². The molecule has 1 aliphatic rings. The predicted octanol–water partition coefficient (Wildman–Crippen LogP) is 3.50. The van der Waals surface area contributed by atoms with Crippen molar-refractivity contribution in [1.29, 1.82) is 0 Å². The van der Waals surface area contributed by atoms with Gasteiger partial charge >= 0.3 is 0 Å². The number of hydrogen-bond acceptors (Lipinski definition) is 3. The van der Waals surface area contributed by atoms with E-state index in [9.17, 15) is 5.11 Å². The van der Waals surface area contributed by atoms with Gasteiger partial charge in [0.2, 0.25) is 0 Å². The highest BCUT2D eigenvalue weighted by Crippen LogP contribution is 2.26. The van der Waals surface area contributed by atoms with Crippen LogP contribution in [-0.2, 0) is 0 Å². The van der Waals surface area contributed by atoms with Crippen LogP contribution in [0.5, 0.6) is 5.75 Å². The molecule has 3 nitrogen and oxygen atoms in total. The van der Waals surface area contributed by atoms with Gasteiger partial charge < -0.3 is 15.2 Å². The van der Waals surface area contributed by atoms with Gasteiger partial charge in [-0.15, -0.1) is 0 Å². The Bertz CT molecular complexity index is 403. The van der Waals surface area contributed by atoms with E-state index in [4.69, 9.17) is 4.74 Å². The Morgan fingerprint density at radius 2 is 1.95 bits per heavy atom. The molecule has 4 heteroatoms. The van der Waals surface area contributed by atoms with Crippen LogP contribution >= 0.6 is 15.9 Å². The lowest BCUT2D eigenvalue weighted by Crippen LogP contribution is -2.41. The van der Waals surface area contributed by atoms with Crippen LogP contribution in [0.2, 0.25) is 0 Å². The zero-order valence-corrected chi connectivity index (χ0v) is 13.5. The maximum Gasteiger partial charge on any atom is 0.120 e. The second kappa shape index (κ2) is 8.01. The molecule has 0 aromatic heterocycles. The minimum Gasteiger partial charge on any atom is -0.492 e. The first-order chi connectivity index (χ1) is 9.68. The van der Waals surface area contributed by atoms with Gasteiger partial charge in [-0.25, -0.2) is 0 Å². The number of aliphatic hydroxyl groups is 1. The maximum atomic E-state index is 10.5. The van der Waals surface area contributed by atoms with Crippen molar-refractivity contribution in [3.8, 4) is 5.75 Å². The fourth-order valence-corrected chi connectivity index (χ4v) is 3.06. The predicted molar refractivity (Wildman–Crippen MR) is 85.2 cm³/mol. The van der Waals surface area contributed by atoms with Crippen LogP contribution in [0.15, 0.2) is 28.7 Å². The van der Waals surface area contributed by atoms with Gasteiger partial charge in [-0.3, -0.25) is 0 Å². The second-order valence-corrected chi connectivity index (χ2v) is 6.54. The molecule has 2 rings (SSSR count). The van der Waals surface area contributed by atoms with Crippen LogP contribution in [0.3, 0.4) is 0 Å². The molecule has 0 unspecified atom stereocenters. The lowest BCUT2D eigenvalue weighted by molar-refractivity contribution is 0.0248. The van der Waals surface area contributed by atoms with Crippen LogP contribution in [0.25, 0.3) is 0 Å². The van der Waals surface area contributed by atoms with E-state index in [-0.39, 0.29) is 0 Å². The third-order valence-electron chi connectivity index (χ3n) is 3.83. The van der Waals surface area contributed by atoms with Crippen molar-refractivity contribution in [2.45, 2.75) is 44.1 Å². The molecule has 1 fully saturated rings. The van der Waals surface area contributed by atoms with Gasteiger partial charge in [-0.1, -0.05) is 47.7 Å². The molecule has 1 saturated carbocycles. The Labute approximate surface area is 129 Å². The molecule has 0 atom stereocenters. The molecule has 0 radical (unpaired) electrons. The molecule has 0 aliphatic heterocycles. The molecule has 1 aromatic carbocycles. The molecular formula is C16H24BrNO2. The Balaban J connectivity index is 1.63. The molecule has 1 aromatic rings. The number of halogens is 1. The fourth-order valence-electron chi connectivity index (χ4n) is 2.68. The first-order valence-electron chi connectivity index (χ1n) is 7.49. The summed E-state index contributed by atoms with van der Waals surface area (Å²) in [5.74, 6) is 0.870. The highest BCUT2D eigenvalue weighted by molar-refractivity contribution is 9.10. The monoisotopic (exact) mass is 341 g/mol. The van der Waals surface area contributed by atoms with Crippen molar-refractivity contribution in [2.24, 2.45) is 0 Å². The Kier molecular flexibility index (Phi) is 6.33. The minimum absolute atomic E-state index is 0.508. The molecule has 20 heavy (non-hydrogen) atoms. The summed E-state index contributed by atoms with van der Waals surface area (Å²) in [6.45, 7) is 2.05. The normalized spacial score (nSPS) is 18.5. The molecule has 0 saturated heterocycles. The second-order valence-electron chi connectivity index (χ2n) is 5.62. The maximum absolute atomic E-state index is 10.5. The third-order valence-corrected chi connectivity index (χ3v) is 4.33. The van der Waals surface area contributed by atoms with E-state index in [2.05, 4.69) is 21.2 Å². The number of rotatable bonds is 6. The summed E-state index contributed by atoms with van der Waals surface area (Å²) in [6, 6.07) is 7.84. The van der Waals surface area contributed by atoms with Crippen LogP contribution in [-0.4, -0.2) is 30.4 Å². The van der Waals surface area contributed by atoms with E-state index in [1.807, 2.05) is 24.3 Å². The average Bonchev–Trinajstić information content (AvgIpc) is 2.64. The highest BCUT2D eigenvalue weighted by atomic mass is 79.9. The van der Waals surface area contributed by atoms with Gasteiger partial charge in [0, 0.05) is 17.6 Å². The summed E-state index contributed by atoms with van der Waals surface area (Å²) in [4.78, 5) is 0. The van der Waals surface area contributed by atoms with E-state index < -0.39 is 5.60 Å². The summed E-state index contributed by atoms with van der Waals surface area (Å²) in [6.07, 6.45) is 6.65. The van der Waals surface area contributed by atoms with Crippen molar-refractivity contribution in [2.75, 3.05) is 19.7 Å². The van der Waals surface area contributed by atoms with Crippen molar-refractivity contribution >= 4 is 15.9 Å². The van der Waals surface area contributed by atoms with E-state index in [1.54, 1.807) is 0 Å². The van der Waals surface area contributed by atoms with E-state index in [0.29, 0.717) is 13.2 Å². The van der Waals surface area contributed by atoms with Crippen molar-refractivity contribution in [3.05, 3.63) is 28.7 Å². The van der Waals surface area contributed by atoms with Crippen LogP contribution in [0.1, 0.15) is 38.5 Å².